The number of sulfonamides is 1. The van der Waals surface area contributed by atoms with Gasteiger partial charge in [-0.1, -0.05) is 6.07 Å². The molecule has 6 nitrogen and oxygen atoms in total. The van der Waals surface area contributed by atoms with Crippen LogP contribution in [0.4, 0.5) is 26.3 Å². The quantitative estimate of drug-likeness (QED) is 0.445. The number of rotatable bonds is 9. The number of hydrogen-bond donors (Lipinski definition) is 2. The summed E-state index contributed by atoms with van der Waals surface area (Å²) in [6.07, 6.45) is -11.7. The van der Waals surface area contributed by atoms with E-state index < -0.39 is 57.9 Å². The van der Waals surface area contributed by atoms with Crippen LogP contribution in [0.2, 0.25) is 0 Å². The Hall–Kier alpha value is -1.86. The number of benzene rings is 1. The van der Waals surface area contributed by atoms with Crippen LogP contribution >= 0.6 is 0 Å². The first-order valence-corrected chi connectivity index (χ1v) is 9.76. The van der Waals surface area contributed by atoms with Crippen molar-refractivity contribution in [3.8, 4) is 0 Å². The summed E-state index contributed by atoms with van der Waals surface area (Å²) in [5.41, 5.74) is -1.59. The molecule has 29 heavy (non-hydrogen) atoms. The van der Waals surface area contributed by atoms with Crippen LogP contribution in [0, 0.1) is 0 Å². The van der Waals surface area contributed by atoms with E-state index in [0.29, 0.717) is 6.07 Å². The summed E-state index contributed by atoms with van der Waals surface area (Å²) < 4.78 is 109. The average Bonchev–Trinajstić information content (AvgIpc) is 2.57. The van der Waals surface area contributed by atoms with E-state index in [1.54, 1.807) is 0 Å². The summed E-state index contributed by atoms with van der Waals surface area (Å²) in [4.78, 5) is 10.4. The van der Waals surface area contributed by atoms with Gasteiger partial charge < -0.3 is 9.84 Å². The molecule has 2 N–H and O–H groups in total. The Labute approximate surface area is 162 Å². The second-order valence-corrected chi connectivity index (χ2v) is 7.55. The molecule has 0 radical (unpaired) electrons. The number of aliphatic hydroxyl groups is 1. The third kappa shape index (κ3) is 7.48. The minimum absolute atomic E-state index is 0.0284. The summed E-state index contributed by atoms with van der Waals surface area (Å²) >= 11 is 0. The molecule has 13 heteroatoms. The normalized spacial score (nSPS) is 13.9. The molecule has 0 saturated heterocycles. The Kier molecular flexibility index (Phi) is 8.47. The first-order chi connectivity index (χ1) is 13.2. The highest BCUT2D eigenvalue weighted by Gasteiger charge is 2.44. The van der Waals surface area contributed by atoms with Crippen molar-refractivity contribution in [2.75, 3.05) is 13.2 Å². The van der Waals surface area contributed by atoms with Crippen LogP contribution in [0.15, 0.2) is 23.1 Å². The van der Waals surface area contributed by atoms with Crippen molar-refractivity contribution in [2.24, 2.45) is 0 Å². The lowest BCUT2D eigenvalue weighted by Gasteiger charge is -2.22. The monoisotopic (exact) mass is 451 g/mol. The molecular weight excluding hydrogens is 432 g/mol. The maximum atomic E-state index is 13.2. The van der Waals surface area contributed by atoms with Crippen molar-refractivity contribution in [1.82, 2.24) is 4.72 Å². The minimum atomic E-state index is -5.20. The van der Waals surface area contributed by atoms with Crippen LogP contribution in [-0.4, -0.2) is 44.9 Å². The van der Waals surface area contributed by atoms with Gasteiger partial charge in [-0.15, -0.1) is 0 Å². The van der Waals surface area contributed by atoms with E-state index in [0.717, 1.165) is 6.07 Å². The van der Waals surface area contributed by atoms with Gasteiger partial charge >= 0.3 is 18.3 Å². The van der Waals surface area contributed by atoms with Gasteiger partial charge in [-0.25, -0.2) is 8.42 Å². The zero-order valence-electron chi connectivity index (χ0n) is 15.1. The fourth-order valence-corrected chi connectivity index (χ4v) is 3.83. The summed E-state index contributed by atoms with van der Waals surface area (Å²) in [5.74, 6) is -1.33. The third-order valence-corrected chi connectivity index (χ3v) is 5.21. The molecule has 0 aliphatic carbocycles. The molecule has 0 aliphatic heterocycles. The number of carbonyl (C=O) groups is 1. The molecule has 0 amide bonds. The van der Waals surface area contributed by atoms with Crippen LogP contribution in [0.25, 0.3) is 0 Å². The van der Waals surface area contributed by atoms with Crippen molar-refractivity contribution in [2.45, 2.75) is 49.5 Å². The Bertz CT molecular complexity index is 807. The molecule has 0 unspecified atom stereocenters. The lowest BCUT2D eigenvalue weighted by molar-refractivity contribution is -0.166. The summed E-state index contributed by atoms with van der Waals surface area (Å²) in [6.45, 7) is 0.678. The maximum Gasteiger partial charge on any atom is 0.416 e. The van der Waals surface area contributed by atoms with E-state index in [1.165, 1.54) is 11.6 Å². The van der Waals surface area contributed by atoms with Crippen molar-refractivity contribution in [1.29, 1.82) is 0 Å². The fourth-order valence-electron chi connectivity index (χ4n) is 2.32. The fraction of sp³-hybridized carbons (Fsp3) is 0.562. The topological polar surface area (TPSA) is 92.7 Å². The SMILES string of the molecule is CCOC(=O)C[C@@H](NS(=O)(=O)c1cc(C(F)(F)F)ccc1CCCO)C(F)(F)F. The molecule has 1 atom stereocenters. The van der Waals surface area contributed by atoms with Gasteiger partial charge in [0.25, 0.3) is 0 Å². The maximum absolute atomic E-state index is 13.2. The molecule has 1 aromatic rings. The summed E-state index contributed by atoms with van der Waals surface area (Å²) in [7, 11) is -5.11. The van der Waals surface area contributed by atoms with E-state index >= 15 is 0 Å². The van der Waals surface area contributed by atoms with E-state index in [-0.39, 0.29) is 31.1 Å². The predicted molar refractivity (Wildman–Crippen MR) is 88.3 cm³/mol. The molecule has 0 heterocycles. The molecule has 166 valence electrons. The van der Waals surface area contributed by atoms with Crippen molar-refractivity contribution >= 4 is 16.0 Å². The van der Waals surface area contributed by atoms with Gasteiger partial charge in [-0.2, -0.15) is 31.1 Å². The first-order valence-electron chi connectivity index (χ1n) is 8.28. The highest BCUT2D eigenvalue weighted by molar-refractivity contribution is 7.89. The predicted octanol–water partition coefficient (Wildman–Crippen LogP) is 2.79. The van der Waals surface area contributed by atoms with E-state index in [2.05, 4.69) is 4.74 Å². The molecule has 0 saturated carbocycles. The molecule has 1 aromatic carbocycles. The molecule has 0 aromatic heterocycles. The molecule has 1 rings (SSSR count). The zero-order valence-corrected chi connectivity index (χ0v) is 15.9. The highest BCUT2D eigenvalue weighted by atomic mass is 32.2. The van der Waals surface area contributed by atoms with Crippen molar-refractivity contribution in [3.63, 3.8) is 0 Å². The van der Waals surface area contributed by atoms with Gasteiger partial charge in [0.1, 0.15) is 6.04 Å². The van der Waals surface area contributed by atoms with Crippen LogP contribution in [0.5, 0.6) is 0 Å². The van der Waals surface area contributed by atoms with Gasteiger partial charge in [-0.3, -0.25) is 4.79 Å². The number of carbonyl (C=O) groups excluding carboxylic acids is 1. The van der Waals surface area contributed by atoms with E-state index in [9.17, 15) is 39.6 Å². The van der Waals surface area contributed by atoms with E-state index in [1.807, 2.05) is 0 Å². The Morgan fingerprint density at radius 3 is 2.31 bits per heavy atom. The zero-order chi connectivity index (χ0) is 22.5. The van der Waals surface area contributed by atoms with Crippen LogP contribution in [-0.2, 0) is 32.2 Å². The van der Waals surface area contributed by atoms with Gasteiger partial charge in [0.15, 0.2) is 0 Å². The lowest BCUT2D eigenvalue weighted by Crippen LogP contribution is -2.47. The van der Waals surface area contributed by atoms with Crippen molar-refractivity contribution < 1.29 is 49.4 Å². The lowest BCUT2D eigenvalue weighted by atomic mass is 10.1. The molecule has 0 spiro atoms. The standard InChI is InChI=1S/C16H19F6NO5S/c1-2-28-14(25)9-13(16(20,21)22)23-29(26,27)12-8-11(15(17,18)19)6-5-10(12)4-3-7-24/h5-6,8,13,23-24H,2-4,7,9H2,1H3/t13-/m1/s1. The largest absolute Gasteiger partial charge is 0.466 e. The Balaban J connectivity index is 3.37. The number of aryl methyl sites for hydroxylation is 1. The smallest absolute Gasteiger partial charge is 0.416 e. The third-order valence-electron chi connectivity index (χ3n) is 3.66. The first kappa shape index (κ1) is 25.2. The van der Waals surface area contributed by atoms with Crippen LogP contribution in [0.3, 0.4) is 0 Å². The number of hydrogen-bond acceptors (Lipinski definition) is 5. The van der Waals surface area contributed by atoms with Gasteiger partial charge in [-0.05, 0) is 37.5 Å². The Morgan fingerprint density at radius 2 is 1.83 bits per heavy atom. The number of nitrogens with one attached hydrogen (secondary N) is 1. The molecule has 0 fully saturated rings. The highest BCUT2D eigenvalue weighted by Crippen LogP contribution is 2.33. The number of aliphatic hydroxyl groups excluding tert-OH is 1. The molecular formula is C16H19F6NO5S. The van der Waals surface area contributed by atoms with Crippen molar-refractivity contribution in [3.05, 3.63) is 29.3 Å². The second kappa shape index (κ2) is 9.76. The van der Waals surface area contributed by atoms with Gasteiger partial charge in [0, 0.05) is 6.61 Å². The number of esters is 1. The molecule has 0 aliphatic rings. The van der Waals surface area contributed by atoms with Gasteiger partial charge in [0.2, 0.25) is 10.0 Å². The van der Waals surface area contributed by atoms with Crippen LogP contribution in [0.1, 0.15) is 30.9 Å². The van der Waals surface area contributed by atoms with Gasteiger partial charge in [0.05, 0.1) is 23.5 Å². The van der Waals surface area contributed by atoms with E-state index in [4.69, 9.17) is 5.11 Å². The average molecular weight is 451 g/mol. The second-order valence-electron chi connectivity index (χ2n) is 5.87. The Morgan fingerprint density at radius 1 is 1.21 bits per heavy atom. The number of ether oxygens (including phenoxy) is 1. The summed E-state index contributed by atoms with van der Waals surface area (Å²) in [5, 5.41) is 8.86. The summed E-state index contributed by atoms with van der Waals surface area (Å²) in [6, 6.07) is -1.27. The molecule has 0 bridgehead atoms. The van der Waals surface area contributed by atoms with Crippen LogP contribution < -0.4 is 4.72 Å². The number of halogens is 6. The minimum Gasteiger partial charge on any atom is -0.466 e. The number of alkyl halides is 6.